The van der Waals surface area contributed by atoms with Crippen molar-refractivity contribution in [2.45, 2.75) is 13.5 Å². The smallest absolute Gasteiger partial charge is 0.253 e. The van der Waals surface area contributed by atoms with Gasteiger partial charge in [-0.1, -0.05) is 0 Å². The molecule has 1 amide bonds. The summed E-state index contributed by atoms with van der Waals surface area (Å²) in [4.78, 5) is 24.8. The molecule has 0 saturated heterocycles. The summed E-state index contributed by atoms with van der Waals surface area (Å²) in [5.41, 5.74) is 1.68. The lowest BCUT2D eigenvalue weighted by atomic mass is 10.2. The topological polar surface area (TPSA) is 90.1 Å². The van der Waals surface area contributed by atoms with Crippen LogP contribution in [0.3, 0.4) is 0 Å². The summed E-state index contributed by atoms with van der Waals surface area (Å²) in [7, 11) is 0. The SMILES string of the molecule is CCOc1ccc(C(=O)NCc2nccnc2-c2ccco2)cn1. The quantitative estimate of drug-likeness (QED) is 0.749. The van der Waals surface area contributed by atoms with Gasteiger partial charge in [0.2, 0.25) is 5.88 Å². The third-order valence-corrected chi connectivity index (χ3v) is 3.24. The Kier molecular flexibility index (Phi) is 4.81. The molecule has 0 aliphatic rings. The highest BCUT2D eigenvalue weighted by molar-refractivity contribution is 5.93. The molecule has 0 spiro atoms. The third kappa shape index (κ3) is 3.57. The second kappa shape index (κ2) is 7.36. The molecule has 0 aromatic carbocycles. The fraction of sp³-hybridized carbons (Fsp3) is 0.176. The van der Waals surface area contributed by atoms with E-state index in [2.05, 4.69) is 20.3 Å². The van der Waals surface area contributed by atoms with Crippen molar-refractivity contribution < 1.29 is 13.9 Å². The molecule has 7 nitrogen and oxygen atoms in total. The highest BCUT2D eigenvalue weighted by atomic mass is 16.5. The van der Waals surface area contributed by atoms with E-state index in [1.165, 1.54) is 6.20 Å². The van der Waals surface area contributed by atoms with Gasteiger partial charge in [-0.15, -0.1) is 0 Å². The number of nitrogens with one attached hydrogen (secondary N) is 1. The summed E-state index contributed by atoms with van der Waals surface area (Å²) in [5.74, 6) is 0.847. The van der Waals surface area contributed by atoms with Gasteiger partial charge in [0.25, 0.3) is 5.91 Å². The summed E-state index contributed by atoms with van der Waals surface area (Å²) in [6, 6.07) is 6.90. The molecule has 0 radical (unpaired) electrons. The summed E-state index contributed by atoms with van der Waals surface area (Å²) in [6.07, 6.45) is 6.20. The molecule has 0 aliphatic heterocycles. The molecule has 0 atom stereocenters. The van der Waals surface area contributed by atoms with Gasteiger partial charge in [0.1, 0.15) is 5.69 Å². The zero-order chi connectivity index (χ0) is 16.8. The lowest BCUT2D eigenvalue weighted by Crippen LogP contribution is -2.24. The number of rotatable bonds is 6. The number of hydrogen-bond donors (Lipinski definition) is 1. The molecular formula is C17H16N4O3. The summed E-state index contributed by atoms with van der Waals surface area (Å²) < 4.78 is 10.6. The van der Waals surface area contributed by atoms with Crippen LogP contribution in [0.1, 0.15) is 23.0 Å². The first-order valence-electron chi connectivity index (χ1n) is 7.48. The lowest BCUT2D eigenvalue weighted by Gasteiger charge is -2.08. The van der Waals surface area contributed by atoms with Crippen LogP contribution in [0.25, 0.3) is 11.5 Å². The predicted molar refractivity (Wildman–Crippen MR) is 86.3 cm³/mol. The maximum atomic E-state index is 12.2. The lowest BCUT2D eigenvalue weighted by molar-refractivity contribution is 0.0950. The van der Waals surface area contributed by atoms with Crippen LogP contribution in [0.15, 0.2) is 53.5 Å². The maximum absolute atomic E-state index is 12.2. The molecule has 24 heavy (non-hydrogen) atoms. The van der Waals surface area contributed by atoms with Crippen molar-refractivity contribution in [3.05, 3.63) is 60.4 Å². The van der Waals surface area contributed by atoms with Gasteiger partial charge < -0.3 is 14.5 Å². The van der Waals surface area contributed by atoms with Crippen molar-refractivity contribution in [2.75, 3.05) is 6.61 Å². The number of furan rings is 1. The number of ether oxygens (including phenoxy) is 1. The Morgan fingerprint density at radius 2 is 2.08 bits per heavy atom. The summed E-state index contributed by atoms with van der Waals surface area (Å²) >= 11 is 0. The summed E-state index contributed by atoms with van der Waals surface area (Å²) in [6.45, 7) is 2.64. The van der Waals surface area contributed by atoms with Crippen LogP contribution in [0.2, 0.25) is 0 Å². The zero-order valence-corrected chi connectivity index (χ0v) is 13.1. The molecule has 3 aromatic heterocycles. The minimum absolute atomic E-state index is 0.232. The Morgan fingerprint density at radius 3 is 2.79 bits per heavy atom. The van der Waals surface area contributed by atoms with Gasteiger partial charge in [-0.3, -0.25) is 9.78 Å². The van der Waals surface area contributed by atoms with Gasteiger partial charge in [0, 0.05) is 24.7 Å². The number of hydrogen-bond acceptors (Lipinski definition) is 6. The van der Waals surface area contributed by atoms with E-state index in [-0.39, 0.29) is 12.5 Å². The van der Waals surface area contributed by atoms with Crippen LogP contribution in [0, 0.1) is 0 Å². The standard InChI is InChI=1S/C17H16N4O3/c1-2-23-15-6-5-12(10-20-15)17(22)21-11-13-16(19-8-7-18-13)14-4-3-9-24-14/h3-10H,2,11H2,1H3,(H,21,22). The van der Waals surface area contributed by atoms with Crippen LogP contribution in [-0.2, 0) is 6.54 Å². The van der Waals surface area contributed by atoms with Gasteiger partial charge in [-0.2, -0.15) is 0 Å². The molecule has 3 rings (SSSR count). The highest BCUT2D eigenvalue weighted by Crippen LogP contribution is 2.19. The van der Waals surface area contributed by atoms with Crippen molar-refractivity contribution >= 4 is 5.91 Å². The Balaban J connectivity index is 1.69. The number of nitrogens with zero attached hydrogens (tertiary/aromatic N) is 3. The predicted octanol–water partition coefficient (Wildman–Crippen LogP) is 2.46. The minimum atomic E-state index is -0.249. The number of carbonyl (C=O) groups is 1. The zero-order valence-electron chi connectivity index (χ0n) is 13.1. The normalized spacial score (nSPS) is 10.4. The van der Waals surface area contributed by atoms with Crippen molar-refractivity contribution in [3.8, 4) is 17.3 Å². The minimum Gasteiger partial charge on any atom is -0.478 e. The first-order valence-corrected chi connectivity index (χ1v) is 7.48. The van der Waals surface area contributed by atoms with Crippen LogP contribution in [0.4, 0.5) is 0 Å². The van der Waals surface area contributed by atoms with Crippen LogP contribution >= 0.6 is 0 Å². The van der Waals surface area contributed by atoms with E-state index in [1.807, 2.05) is 6.92 Å². The van der Waals surface area contributed by atoms with Gasteiger partial charge >= 0.3 is 0 Å². The fourth-order valence-electron chi connectivity index (χ4n) is 2.13. The van der Waals surface area contributed by atoms with E-state index in [0.717, 1.165) is 0 Å². The first-order chi connectivity index (χ1) is 11.8. The molecule has 7 heteroatoms. The average molecular weight is 324 g/mol. The van der Waals surface area contributed by atoms with Crippen LogP contribution in [0.5, 0.6) is 5.88 Å². The van der Waals surface area contributed by atoms with Crippen molar-refractivity contribution in [1.29, 1.82) is 0 Å². The van der Waals surface area contributed by atoms with Gasteiger partial charge in [0.05, 0.1) is 30.7 Å². The Bertz CT molecular complexity index is 801. The molecule has 0 fully saturated rings. The molecule has 3 aromatic rings. The number of pyridine rings is 1. The Morgan fingerprint density at radius 1 is 1.21 bits per heavy atom. The molecular weight excluding hydrogens is 308 g/mol. The second-order valence-electron chi connectivity index (χ2n) is 4.83. The highest BCUT2D eigenvalue weighted by Gasteiger charge is 2.12. The Hall–Kier alpha value is -3.22. The van der Waals surface area contributed by atoms with Crippen molar-refractivity contribution in [2.24, 2.45) is 0 Å². The van der Waals surface area contributed by atoms with E-state index in [1.54, 1.807) is 42.9 Å². The Labute approximate surface area is 138 Å². The van der Waals surface area contributed by atoms with Gasteiger partial charge in [-0.05, 0) is 25.1 Å². The molecule has 1 N–H and O–H groups in total. The molecule has 122 valence electrons. The van der Waals surface area contributed by atoms with E-state index in [4.69, 9.17) is 9.15 Å². The second-order valence-corrected chi connectivity index (χ2v) is 4.83. The van der Waals surface area contributed by atoms with Gasteiger partial charge in [-0.25, -0.2) is 9.97 Å². The average Bonchev–Trinajstić information content (AvgIpc) is 3.15. The van der Waals surface area contributed by atoms with Crippen molar-refractivity contribution in [3.63, 3.8) is 0 Å². The molecule has 0 aliphatic carbocycles. The van der Waals surface area contributed by atoms with E-state index < -0.39 is 0 Å². The van der Waals surface area contributed by atoms with E-state index in [9.17, 15) is 4.79 Å². The third-order valence-electron chi connectivity index (χ3n) is 3.24. The van der Waals surface area contributed by atoms with Crippen LogP contribution in [-0.4, -0.2) is 27.5 Å². The molecule has 0 saturated carbocycles. The maximum Gasteiger partial charge on any atom is 0.253 e. The van der Waals surface area contributed by atoms with E-state index >= 15 is 0 Å². The van der Waals surface area contributed by atoms with E-state index in [0.29, 0.717) is 35.2 Å². The fourth-order valence-corrected chi connectivity index (χ4v) is 2.13. The van der Waals surface area contributed by atoms with Gasteiger partial charge in [0.15, 0.2) is 5.76 Å². The molecule has 0 unspecified atom stereocenters. The largest absolute Gasteiger partial charge is 0.478 e. The monoisotopic (exact) mass is 324 g/mol. The van der Waals surface area contributed by atoms with Crippen molar-refractivity contribution in [1.82, 2.24) is 20.3 Å². The first kappa shape index (κ1) is 15.7. The molecule has 3 heterocycles. The number of carbonyl (C=O) groups excluding carboxylic acids is 1. The summed E-state index contributed by atoms with van der Waals surface area (Å²) in [5, 5.41) is 2.81. The molecule has 0 bridgehead atoms. The van der Waals surface area contributed by atoms with Crippen LogP contribution < -0.4 is 10.1 Å². The number of amides is 1. The number of aromatic nitrogens is 3.